The predicted molar refractivity (Wildman–Crippen MR) is 124 cm³/mol. The molecule has 2 aliphatic heterocycles. The van der Waals surface area contributed by atoms with E-state index in [1.807, 2.05) is 24.3 Å². The summed E-state index contributed by atoms with van der Waals surface area (Å²) in [5.74, 6) is 1.51. The molecule has 1 atom stereocenters. The summed E-state index contributed by atoms with van der Waals surface area (Å²) in [4.78, 5) is 28.6. The van der Waals surface area contributed by atoms with Gasteiger partial charge in [-0.25, -0.2) is 10.0 Å². The fraction of sp³-hybridized carbons (Fsp3) is 0.174. The van der Waals surface area contributed by atoms with Crippen LogP contribution in [0.5, 0.6) is 0 Å². The van der Waals surface area contributed by atoms with E-state index in [2.05, 4.69) is 17.3 Å². The average Bonchev–Trinajstić information content (AvgIpc) is 3.32. The molecule has 0 aliphatic carbocycles. The third-order valence-corrected chi connectivity index (χ3v) is 6.25. The number of para-hydroxylation sites is 1. The third-order valence-electron chi connectivity index (χ3n) is 5.18. The summed E-state index contributed by atoms with van der Waals surface area (Å²) >= 11 is 1.47. The zero-order chi connectivity index (χ0) is 22.9. The molecule has 0 saturated heterocycles. The number of amides is 1. The van der Waals surface area contributed by atoms with Crippen molar-refractivity contribution in [3.63, 3.8) is 0 Å². The van der Waals surface area contributed by atoms with Crippen LogP contribution in [-0.4, -0.2) is 26.8 Å². The van der Waals surface area contributed by atoms with E-state index in [-0.39, 0.29) is 11.6 Å². The Morgan fingerprint density at radius 2 is 2.03 bits per heavy atom. The summed E-state index contributed by atoms with van der Waals surface area (Å²) in [6.45, 7) is 2.06. The first-order valence-electron chi connectivity index (χ1n) is 10.4. The van der Waals surface area contributed by atoms with Crippen LogP contribution in [0.15, 0.2) is 75.2 Å². The highest BCUT2D eigenvalue weighted by molar-refractivity contribution is 8.13. The molecule has 33 heavy (non-hydrogen) atoms. The molecule has 2 aromatic carbocycles. The molecule has 2 aliphatic rings. The fourth-order valence-corrected chi connectivity index (χ4v) is 4.40. The number of carbonyl (C=O) groups is 1. The molecular weight excluding hydrogens is 442 g/mol. The number of hydrogen-bond acceptors (Lipinski definition) is 8. The van der Waals surface area contributed by atoms with Gasteiger partial charge in [0, 0.05) is 28.7 Å². The maximum Gasteiger partial charge on any atom is 0.276 e. The van der Waals surface area contributed by atoms with Gasteiger partial charge in [0.05, 0.1) is 10.3 Å². The Morgan fingerprint density at radius 1 is 1.18 bits per heavy atom. The predicted octanol–water partition coefficient (Wildman–Crippen LogP) is 3.14. The number of amidine groups is 1. The van der Waals surface area contributed by atoms with Gasteiger partial charge in [0.1, 0.15) is 11.5 Å². The second-order valence-electron chi connectivity index (χ2n) is 7.43. The van der Waals surface area contributed by atoms with Crippen molar-refractivity contribution in [1.29, 1.82) is 0 Å². The molecule has 10 heteroatoms. The first-order chi connectivity index (χ1) is 16.0. The largest absolute Gasteiger partial charge is 0.457 e. The van der Waals surface area contributed by atoms with Gasteiger partial charge in [0.15, 0.2) is 10.9 Å². The molecule has 1 aromatic heterocycles. The highest BCUT2D eigenvalue weighted by Crippen LogP contribution is 2.34. The summed E-state index contributed by atoms with van der Waals surface area (Å²) < 4.78 is 6.08. The van der Waals surface area contributed by atoms with Crippen molar-refractivity contribution in [3.05, 3.63) is 87.1 Å². The summed E-state index contributed by atoms with van der Waals surface area (Å²) in [7, 11) is 0. The Balaban J connectivity index is 1.60. The van der Waals surface area contributed by atoms with Gasteiger partial charge in [-0.05, 0) is 24.6 Å². The van der Waals surface area contributed by atoms with Gasteiger partial charge in [-0.1, -0.05) is 49.0 Å². The van der Waals surface area contributed by atoms with Gasteiger partial charge in [-0.3, -0.25) is 20.2 Å². The number of non-ortho nitro benzene ring substituents is 1. The molecule has 0 fully saturated rings. The van der Waals surface area contributed by atoms with Gasteiger partial charge in [0.25, 0.3) is 11.6 Å². The monoisotopic (exact) mass is 461 g/mol. The number of hydrogen-bond donors (Lipinski definition) is 1. The molecule has 0 spiro atoms. The number of nitrogens with zero attached hydrogens (tertiary/aromatic N) is 4. The molecule has 166 valence electrons. The van der Waals surface area contributed by atoms with E-state index in [1.54, 1.807) is 29.3 Å². The minimum Gasteiger partial charge on any atom is -0.457 e. The van der Waals surface area contributed by atoms with Crippen molar-refractivity contribution in [2.24, 2.45) is 10.1 Å². The smallest absolute Gasteiger partial charge is 0.276 e. The first-order valence-corrected chi connectivity index (χ1v) is 11.4. The van der Waals surface area contributed by atoms with Crippen molar-refractivity contribution in [2.45, 2.75) is 19.5 Å². The van der Waals surface area contributed by atoms with Crippen LogP contribution in [0.1, 0.15) is 25.3 Å². The van der Waals surface area contributed by atoms with Crippen LogP contribution < -0.4 is 15.9 Å². The highest BCUT2D eigenvalue weighted by atomic mass is 32.2. The second-order valence-corrected chi connectivity index (χ2v) is 8.51. The third kappa shape index (κ3) is 3.89. The quantitative estimate of drug-likeness (QED) is 0.461. The molecule has 5 rings (SSSR count). The van der Waals surface area contributed by atoms with E-state index >= 15 is 0 Å². The Labute approximate surface area is 192 Å². The number of nitro groups is 1. The SMILES string of the molecule is CCCSC1=NN2C(=c3ccccc3=N[C@@H]2c2ccc(-c3cccc([N+](=O)[O-])c3)o2)C(=O)N1. The normalized spacial score (nSPS) is 16.9. The standard InChI is InChI=1S/C23H19N5O4S/c1-2-12-33-23-25-22(29)20-16-8-3-4-9-17(16)24-21(27(20)26-23)19-11-10-18(32-19)14-6-5-7-15(13-14)28(30)31/h3-11,13,21H,2,12H2,1H3,(H,25,26,29)/t21-/m0/s1. The lowest BCUT2D eigenvalue weighted by molar-refractivity contribution is -0.384. The van der Waals surface area contributed by atoms with Crippen LogP contribution in [0.3, 0.4) is 0 Å². The van der Waals surface area contributed by atoms with E-state index in [4.69, 9.17) is 9.41 Å². The summed E-state index contributed by atoms with van der Waals surface area (Å²) in [6, 6.07) is 17.1. The molecule has 0 unspecified atom stereocenters. The van der Waals surface area contributed by atoms with Crippen molar-refractivity contribution in [3.8, 4) is 11.3 Å². The topological polar surface area (TPSA) is 113 Å². The number of rotatable bonds is 5. The molecule has 0 radical (unpaired) electrons. The summed E-state index contributed by atoms with van der Waals surface area (Å²) in [6.07, 6.45) is 0.253. The van der Waals surface area contributed by atoms with Crippen molar-refractivity contribution in [1.82, 2.24) is 10.3 Å². The highest BCUT2D eigenvalue weighted by Gasteiger charge is 2.36. The molecular formula is C23H19N5O4S. The average molecular weight is 462 g/mol. The fourth-order valence-electron chi connectivity index (χ4n) is 3.70. The maximum atomic E-state index is 13.0. The lowest BCUT2D eigenvalue weighted by atomic mass is 10.1. The van der Waals surface area contributed by atoms with Crippen molar-refractivity contribution >= 4 is 34.2 Å². The van der Waals surface area contributed by atoms with E-state index < -0.39 is 11.1 Å². The lowest BCUT2D eigenvalue weighted by Gasteiger charge is -2.32. The molecule has 1 N–H and O–H groups in total. The molecule has 1 amide bonds. The Kier molecular flexibility index (Phi) is 5.43. The minimum absolute atomic E-state index is 0.0211. The second kappa shape index (κ2) is 8.55. The van der Waals surface area contributed by atoms with Crippen LogP contribution in [0, 0.1) is 10.1 Å². The number of hydrazone groups is 1. The van der Waals surface area contributed by atoms with Crippen LogP contribution in [0.2, 0.25) is 0 Å². The lowest BCUT2D eigenvalue weighted by Crippen LogP contribution is -2.50. The van der Waals surface area contributed by atoms with Gasteiger partial charge >= 0.3 is 0 Å². The summed E-state index contributed by atoms with van der Waals surface area (Å²) in [5.41, 5.74) is 0.960. The maximum absolute atomic E-state index is 13.0. The van der Waals surface area contributed by atoms with Crippen LogP contribution in [0.25, 0.3) is 17.0 Å². The molecule has 3 aromatic rings. The number of furan rings is 1. The van der Waals surface area contributed by atoms with Gasteiger partial charge < -0.3 is 4.42 Å². The Hall–Kier alpha value is -3.92. The number of benzene rings is 2. The molecule has 0 bridgehead atoms. The van der Waals surface area contributed by atoms with E-state index in [9.17, 15) is 14.9 Å². The van der Waals surface area contributed by atoms with Crippen molar-refractivity contribution in [2.75, 3.05) is 5.75 Å². The number of carbonyl (C=O) groups excluding carboxylic acids is 1. The molecule has 9 nitrogen and oxygen atoms in total. The van der Waals surface area contributed by atoms with E-state index in [0.717, 1.165) is 12.2 Å². The van der Waals surface area contributed by atoms with E-state index in [0.29, 0.717) is 38.5 Å². The van der Waals surface area contributed by atoms with Gasteiger partial charge in [-0.2, -0.15) is 0 Å². The Bertz CT molecular complexity index is 1410. The van der Waals surface area contributed by atoms with Gasteiger partial charge in [0.2, 0.25) is 6.17 Å². The zero-order valence-electron chi connectivity index (χ0n) is 17.6. The number of thioether (sulfide) groups is 1. The number of nitro benzene ring substituents is 1. The van der Waals surface area contributed by atoms with Crippen LogP contribution >= 0.6 is 11.8 Å². The molecule has 3 heterocycles. The number of fused-ring (bicyclic) bond motifs is 2. The summed E-state index contributed by atoms with van der Waals surface area (Å²) in [5, 5.41) is 22.1. The van der Waals surface area contributed by atoms with E-state index in [1.165, 1.54) is 23.9 Å². The molecule has 0 saturated carbocycles. The first kappa shape index (κ1) is 21.0. The number of nitrogens with one attached hydrogen (secondary N) is 1. The zero-order valence-corrected chi connectivity index (χ0v) is 18.4. The minimum atomic E-state index is -0.689. The van der Waals surface area contributed by atoms with Gasteiger partial charge in [-0.15, -0.1) is 5.10 Å². The van der Waals surface area contributed by atoms with Crippen molar-refractivity contribution < 1.29 is 14.1 Å². The van der Waals surface area contributed by atoms with Crippen LogP contribution in [0.4, 0.5) is 5.69 Å². The van der Waals surface area contributed by atoms with Crippen LogP contribution in [-0.2, 0) is 4.79 Å². The Morgan fingerprint density at radius 3 is 2.85 bits per heavy atom.